The molecule has 0 N–H and O–H groups in total. The Bertz CT molecular complexity index is 914. The highest BCUT2D eigenvalue weighted by atomic mass is 15.3. The summed E-state index contributed by atoms with van der Waals surface area (Å²) in [7, 11) is 0. The van der Waals surface area contributed by atoms with Crippen LogP contribution in [0.5, 0.6) is 0 Å². The third kappa shape index (κ3) is 2.05. The molecule has 2 nitrogen and oxygen atoms in total. The number of hydrogen-bond donors (Lipinski definition) is 0. The molecule has 0 spiro atoms. The molecule has 98 valence electrons. The second kappa shape index (κ2) is 4.82. The summed E-state index contributed by atoms with van der Waals surface area (Å²) in [6.07, 6.45) is 0. The van der Waals surface area contributed by atoms with E-state index in [-0.39, 0.29) is 0 Å². The Kier molecular flexibility index (Phi) is 2.99. The average Bonchev–Trinajstić information content (AvgIpc) is 2.76. The number of aryl methyl sites for hydroxylation is 1. The van der Waals surface area contributed by atoms with Crippen molar-refractivity contribution in [1.82, 2.24) is 9.78 Å². The molecule has 0 aliphatic rings. The van der Waals surface area contributed by atoms with E-state index in [4.69, 9.17) is 0 Å². The van der Waals surface area contributed by atoms with Crippen LogP contribution in [0, 0.1) is 17.4 Å². The van der Waals surface area contributed by atoms with Crippen LogP contribution in [0.2, 0.25) is 0 Å². The summed E-state index contributed by atoms with van der Waals surface area (Å²) in [4.78, 5) is 0. The summed E-state index contributed by atoms with van der Waals surface area (Å²) in [6.45, 7) is 10.1. The molecule has 0 radical (unpaired) electrons. The van der Waals surface area contributed by atoms with Gasteiger partial charge in [-0.25, -0.2) is 4.68 Å². The fourth-order valence-corrected chi connectivity index (χ4v) is 2.40. The molecule has 2 aromatic carbocycles. The Morgan fingerprint density at radius 2 is 1.55 bits per heavy atom. The van der Waals surface area contributed by atoms with Crippen LogP contribution in [-0.2, 0) is 0 Å². The molecule has 0 atom stereocenters. The van der Waals surface area contributed by atoms with Crippen LogP contribution in [0.3, 0.4) is 0 Å². The molecule has 1 aromatic heterocycles. The standard InChI is InChI=1S/C18H16N2/c1-13-9-11-16(12-10-13)18-14(2)19-20(15(18)3)17-7-5-4-6-8-17/h4-12H,1,3H2,2H3. The van der Waals surface area contributed by atoms with Gasteiger partial charge in [0.2, 0.25) is 0 Å². The minimum atomic E-state index is 0.908. The van der Waals surface area contributed by atoms with Gasteiger partial charge in [0.05, 0.1) is 16.7 Å². The maximum atomic E-state index is 4.62. The van der Waals surface area contributed by atoms with Crippen molar-refractivity contribution in [3.8, 4) is 5.69 Å². The molecule has 3 rings (SSSR count). The van der Waals surface area contributed by atoms with E-state index in [0.29, 0.717) is 0 Å². The summed E-state index contributed by atoms with van der Waals surface area (Å²) in [5, 5.41) is 8.75. The third-order valence-electron chi connectivity index (χ3n) is 3.40. The monoisotopic (exact) mass is 260 g/mol. The fraction of sp³-hybridized carbons (Fsp3) is 0.0556. The van der Waals surface area contributed by atoms with E-state index < -0.39 is 0 Å². The molecule has 20 heavy (non-hydrogen) atoms. The molecule has 3 aromatic rings. The predicted octanol–water partition coefficient (Wildman–Crippen LogP) is 2.29. The predicted molar refractivity (Wildman–Crippen MR) is 82.7 cm³/mol. The van der Waals surface area contributed by atoms with Gasteiger partial charge in [0.25, 0.3) is 0 Å². The maximum Gasteiger partial charge on any atom is 0.0682 e. The van der Waals surface area contributed by atoms with Gasteiger partial charge >= 0.3 is 0 Å². The SMILES string of the molecule is C=c1ccc(=c2c(C)nn(-c3ccccc3)c2=C)cc1. The first-order valence-electron chi connectivity index (χ1n) is 6.56. The largest absolute Gasteiger partial charge is 0.233 e. The second-order valence-corrected chi connectivity index (χ2v) is 4.85. The van der Waals surface area contributed by atoms with Crippen LogP contribution in [0.4, 0.5) is 0 Å². The van der Waals surface area contributed by atoms with E-state index in [1.165, 1.54) is 0 Å². The van der Waals surface area contributed by atoms with Crippen molar-refractivity contribution in [2.75, 3.05) is 0 Å². The maximum absolute atomic E-state index is 4.62. The van der Waals surface area contributed by atoms with Crippen LogP contribution in [0.25, 0.3) is 18.8 Å². The lowest BCUT2D eigenvalue weighted by Gasteiger charge is -1.99. The zero-order valence-corrected chi connectivity index (χ0v) is 11.5. The van der Waals surface area contributed by atoms with E-state index in [1.54, 1.807) is 0 Å². The van der Waals surface area contributed by atoms with Gasteiger partial charge in [-0.15, -0.1) is 0 Å². The van der Waals surface area contributed by atoms with Gasteiger partial charge in [0, 0.05) is 5.22 Å². The van der Waals surface area contributed by atoms with Crippen LogP contribution < -0.4 is 10.6 Å². The normalized spacial score (nSPS) is 10.7. The fourth-order valence-electron chi connectivity index (χ4n) is 2.40. The van der Waals surface area contributed by atoms with Crippen molar-refractivity contribution in [2.45, 2.75) is 6.92 Å². The minimum Gasteiger partial charge on any atom is -0.233 e. The number of nitrogens with zero attached hydrogens (tertiary/aromatic N) is 2. The van der Waals surface area contributed by atoms with Gasteiger partial charge in [-0.1, -0.05) is 55.6 Å². The van der Waals surface area contributed by atoms with Crippen molar-refractivity contribution in [3.63, 3.8) is 0 Å². The van der Waals surface area contributed by atoms with Crippen molar-refractivity contribution < 1.29 is 0 Å². The first-order chi connectivity index (χ1) is 9.66. The number of para-hydroxylation sites is 1. The van der Waals surface area contributed by atoms with E-state index in [9.17, 15) is 0 Å². The molecule has 0 unspecified atom stereocenters. The molecule has 0 fully saturated rings. The highest BCUT2D eigenvalue weighted by molar-refractivity contribution is 5.32. The Balaban J connectivity index is 2.39. The van der Waals surface area contributed by atoms with Gasteiger partial charge in [0.15, 0.2) is 0 Å². The second-order valence-electron chi connectivity index (χ2n) is 4.85. The smallest absolute Gasteiger partial charge is 0.0682 e. The topological polar surface area (TPSA) is 17.8 Å². The van der Waals surface area contributed by atoms with E-state index in [1.807, 2.05) is 54.1 Å². The first-order valence-corrected chi connectivity index (χ1v) is 6.56. The van der Waals surface area contributed by atoms with Gasteiger partial charge in [-0.2, -0.15) is 5.10 Å². The lowest BCUT2D eigenvalue weighted by molar-refractivity contribution is 0.841. The molecule has 0 aliphatic heterocycles. The number of hydrogen-bond acceptors (Lipinski definition) is 1. The molecule has 0 amide bonds. The zero-order chi connectivity index (χ0) is 14.1. The number of aromatic nitrogens is 2. The molecule has 1 heterocycles. The van der Waals surface area contributed by atoms with Crippen LogP contribution in [-0.4, -0.2) is 9.78 Å². The summed E-state index contributed by atoms with van der Waals surface area (Å²) >= 11 is 0. The number of benzene rings is 2. The third-order valence-corrected chi connectivity index (χ3v) is 3.40. The Morgan fingerprint density at radius 3 is 2.20 bits per heavy atom. The number of rotatable bonds is 1. The molecule has 0 saturated heterocycles. The highest BCUT2D eigenvalue weighted by Crippen LogP contribution is 2.04. The first kappa shape index (κ1) is 12.4. The van der Waals surface area contributed by atoms with Crippen LogP contribution in [0.1, 0.15) is 5.69 Å². The Labute approximate surface area is 117 Å². The van der Waals surface area contributed by atoms with E-state index >= 15 is 0 Å². The van der Waals surface area contributed by atoms with Crippen molar-refractivity contribution in [3.05, 3.63) is 81.3 Å². The Hall–Kier alpha value is -2.61. The van der Waals surface area contributed by atoms with E-state index in [2.05, 4.69) is 30.4 Å². The van der Waals surface area contributed by atoms with Gasteiger partial charge in [0.1, 0.15) is 0 Å². The quantitative estimate of drug-likeness (QED) is 0.656. The summed E-state index contributed by atoms with van der Waals surface area (Å²) in [5.74, 6) is 0. The minimum absolute atomic E-state index is 0.908. The molecule has 0 bridgehead atoms. The van der Waals surface area contributed by atoms with Crippen molar-refractivity contribution in [1.29, 1.82) is 0 Å². The summed E-state index contributed by atoms with van der Waals surface area (Å²) < 4.78 is 1.89. The highest BCUT2D eigenvalue weighted by Gasteiger charge is 2.03. The molecular weight excluding hydrogens is 244 g/mol. The molecule has 0 saturated carbocycles. The molecular formula is C18H16N2. The van der Waals surface area contributed by atoms with Crippen molar-refractivity contribution in [2.24, 2.45) is 0 Å². The van der Waals surface area contributed by atoms with Crippen LogP contribution in [0.15, 0.2) is 54.6 Å². The summed E-state index contributed by atoms with van der Waals surface area (Å²) in [6, 6.07) is 18.2. The average molecular weight is 260 g/mol. The molecule has 0 aliphatic carbocycles. The van der Waals surface area contributed by atoms with Crippen molar-refractivity contribution >= 4 is 13.2 Å². The van der Waals surface area contributed by atoms with Crippen LogP contribution >= 0.6 is 0 Å². The van der Waals surface area contributed by atoms with Gasteiger partial charge in [-0.05, 0) is 29.5 Å². The summed E-state index contributed by atoms with van der Waals surface area (Å²) in [5.41, 5.74) is 2.01. The lowest BCUT2D eigenvalue weighted by atomic mass is 10.2. The van der Waals surface area contributed by atoms with Gasteiger partial charge < -0.3 is 0 Å². The lowest BCUT2D eigenvalue weighted by Crippen LogP contribution is -2.14. The zero-order valence-electron chi connectivity index (χ0n) is 11.5. The van der Waals surface area contributed by atoms with E-state index in [0.717, 1.165) is 32.4 Å². The molecule has 2 heteroatoms. The van der Waals surface area contributed by atoms with Gasteiger partial charge in [-0.3, -0.25) is 0 Å². The Morgan fingerprint density at radius 1 is 0.900 bits per heavy atom.